The van der Waals surface area contributed by atoms with Crippen LogP contribution in [0.5, 0.6) is 0 Å². The Kier molecular flexibility index (Phi) is 11.7. The van der Waals surface area contributed by atoms with Gasteiger partial charge in [0.1, 0.15) is 141 Å². The maximum Gasteiger partial charge on any atom is 0.139 e. The van der Waals surface area contributed by atoms with E-state index in [1.807, 2.05) is 0 Å². The van der Waals surface area contributed by atoms with Crippen molar-refractivity contribution in [3.63, 3.8) is 0 Å². The van der Waals surface area contributed by atoms with E-state index in [1.165, 1.54) is 229 Å². The normalized spacial score (nSPS) is 12.0. The Morgan fingerprint density at radius 1 is 0.179 bits per heavy atom. The molecule has 0 spiro atoms. The molecular formula is C60H54B18. The zero-order valence-electron chi connectivity index (χ0n) is 49.4. The van der Waals surface area contributed by atoms with Crippen LogP contribution in [0.3, 0.4) is 0 Å². The fraction of sp³-hybridized carbons (Fsp3) is 0. The van der Waals surface area contributed by atoms with Crippen LogP contribution in [0.4, 0.5) is 0 Å². The first kappa shape index (κ1) is 50.8. The molecule has 0 aromatic heterocycles. The molecule has 13 aromatic carbocycles. The highest BCUT2D eigenvalue weighted by Gasteiger charge is 2.28. The smallest absolute Gasteiger partial charge is 0.100 e. The highest BCUT2D eigenvalue weighted by atomic mass is 14.3. The lowest BCUT2D eigenvalue weighted by Gasteiger charge is -2.29. The minimum Gasteiger partial charge on any atom is -0.100 e. The number of benzene rings is 13. The highest BCUT2D eigenvalue weighted by Crippen LogP contribution is 2.41. The Morgan fingerprint density at radius 2 is 0.449 bits per heavy atom. The van der Waals surface area contributed by atoms with E-state index in [0.29, 0.717) is 0 Å². The molecule has 0 N–H and O–H groups in total. The first-order valence-electron chi connectivity index (χ1n) is 28.4. The lowest BCUT2D eigenvalue weighted by atomic mass is 9.58. The van der Waals surface area contributed by atoms with Gasteiger partial charge in [0.05, 0.1) is 0 Å². The van der Waals surface area contributed by atoms with Crippen LogP contribution in [0.1, 0.15) is 0 Å². The van der Waals surface area contributed by atoms with Gasteiger partial charge in [0, 0.05) is 0 Å². The van der Waals surface area contributed by atoms with Gasteiger partial charge >= 0.3 is 0 Å². The van der Waals surface area contributed by atoms with E-state index in [4.69, 9.17) is 0 Å². The molecule has 0 atom stereocenters. The number of fused-ring (bicyclic) bond motifs is 1. The van der Waals surface area contributed by atoms with Crippen molar-refractivity contribution in [2.45, 2.75) is 0 Å². The molecule has 0 radical (unpaired) electrons. The molecule has 0 saturated carbocycles. The topological polar surface area (TPSA) is 0 Å². The summed E-state index contributed by atoms with van der Waals surface area (Å²) in [6.45, 7) is 0. The third-order valence-electron chi connectivity index (χ3n) is 20.6. The molecule has 348 valence electrons. The third-order valence-corrected chi connectivity index (χ3v) is 20.6. The number of rotatable bonds is 5. The van der Waals surface area contributed by atoms with Gasteiger partial charge in [-0.05, 0) is 161 Å². The van der Waals surface area contributed by atoms with Crippen molar-refractivity contribution < 1.29 is 0 Å². The van der Waals surface area contributed by atoms with Gasteiger partial charge in [-0.15, -0.1) is 10.9 Å². The number of hydrogen-bond donors (Lipinski definition) is 0. The molecule has 0 saturated heterocycles. The van der Waals surface area contributed by atoms with Crippen molar-refractivity contribution >= 4 is 315 Å². The summed E-state index contributed by atoms with van der Waals surface area (Å²) in [4.78, 5) is 0. The van der Waals surface area contributed by atoms with Crippen LogP contribution in [-0.2, 0) is 0 Å². The fourth-order valence-corrected chi connectivity index (χ4v) is 15.4. The molecule has 0 nitrogen and oxygen atoms in total. The van der Waals surface area contributed by atoms with E-state index >= 15 is 0 Å². The summed E-state index contributed by atoms with van der Waals surface area (Å²) in [6, 6.07) is 42.0. The van der Waals surface area contributed by atoms with Crippen LogP contribution < -0.4 is 98.3 Å². The molecule has 13 aromatic rings. The van der Waals surface area contributed by atoms with Gasteiger partial charge in [-0.25, -0.2) is 0 Å². The number of hydrogen-bond acceptors (Lipinski definition) is 0. The SMILES string of the molecule is Bc1c(B)c2c(B)c(B)c3c(B)c(B)c(-c4cccc(-c5cc(-c6cccc(-c7c(B)c(B)c8c(B)c(B)c9c(B)c(B)c(B)c%10c(B)c(B)c7c8c9%10)c6)cc(-c6cccc7ccccc67)c5)c4)c4c(B)c(B)c(c1B)c2c34. The summed E-state index contributed by atoms with van der Waals surface area (Å²) < 4.78 is 0. The molecular weight excluding hydrogens is 915 g/mol. The molecule has 0 bridgehead atoms. The van der Waals surface area contributed by atoms with E-state index in [2.05, 4.69) is 250 Å². The van der Waals surface area contributed by atoms with Crippen LogP contribution in [0.2, 0.25) is 0 Å². The van der Waals surface area contributed by atoms with Crippen LogP contribution >= 0.6 is 0 Å². The van der Waals surface area contributed by atoms with Crippen LogP contribution in [0.15, 0.2) is 109 Å². The molecule has 0 amide bonds. The molecule has 13 rings (SSSR count). The summed E-state index contributed by atoms with van der Waals surface area (Å²) in [7, 11) is 42.5. The van der Waals surface area contributed by atoms with Gasteiger partial charge < -0.3 is 0 Å². The lowest BCUT2D eigenvalue weighted by Crippen LogP contribution is -2.48. The molecule has 0 heterocycles. The maximum absolute atomic E-state index is 2.49. The standard InChI is InChI=1S/C60H54B18/c61-43-29(35-31-33-39(49(67)45(35)63)55(73)59(77)57(75)41(33)53(71)51(69)37(31)47(43)65)22-10-3-8-20(14-22)24-16-25(18-26(17-24)28-13-5-7-19-6-1-2-12-27(19)28)21-9-4-11-23(15-21)30-36-32-34-40(50(68)46(36)64)56(74)60(78)58(76)42(34)54(72)52(70)38(32)48(66)44(30)62/h1-18H,61-78H2. The van der Waals surface area contributed by atoms with E-state index in [0.717, 1.165) is 0 Å². The Morgan fingerprint density at radius 3 is 0.846 bits per heavy atom. The monoisotopic (exact) mass is 973 g/mol. The summed E-state index contributed by atoms with van der Waals surface area (Å²) in [5, 5.41) is 19.7. The van der Waals surface area contributed by atoms with E-state index in [9.17, 15) is 0 Å². The minimum atomic E-state index is 1.21. The molecule has 0 fully saturated rings. The first-order chi connectivity index (χ1) is 37.2. The van der Waals surface area contributed by atoms with Gasteiger partial charge in [-0.3, -0.25) is 0 Å². The van der Waals surface area contributed by atoms with Gasteiger partial charge in [-0.2, -0.15) is 0 Å². The second-order valence-electron chi connectivity index (χ2n) is 24.0. The van der Waals surface area contributed by atoms with Gasteiger partial charge in [0.25, 0.3) is 0 Å². The Balaban J connectivity index is 1.06. The first-order valence-corrected chi connectivity index (χ1v) is 28.4. The van der Waals surface area contributed by atoms with Crippen molar-refractivity contribution in [1.82, 2.24) is 0 Å². The minimum absolute atomic E-state index is 1.21. The average Bonchev–Trinajstić information content (AvgIpc) is 3.03. The summed E-state index contributed by atoms with van der Waals surface area (Å²) >= 11 is 0. The molecule has 0 aliphatic rings. The second-order valence-corrected chi connectivity index (χ2v) is 24.0. The molecule has 18 heteroatoms. The molecule has 78 heavy (non-hydrogen) atoms. The summed E-state index contributed by atoms with van der Waals surface area (Å²) in [5.74, 6) is 0. The predicted octanol–water partition coefficient (Wildman–Crippen LogP) is -14.4. The maximum atomic E-state index is 2.49. The third kappa shape index (κ3) is 6.80. The van der Waals surface area contributed by atoms with Gasteiger partial charge in [0.2, 0.25) is 0 Å². The fourth-order valence-electron chi connectivity index (χ4n) is 15.4. The average molecular weight is 970 g/mol. The van der Waals surface area contributed by atoms with E-state index in [-0.39, 0.29) is 0 Å². The Bertz CT molecular complexity index is 4570. The highest BCUT2D eigenvalue weighted by molar-refractivity contribution is 6.77. The van der Waals surface area contributed by atoms with E-state index < -0.39 is 0 Å². The molecule has 0 aliphatic carbocycles. The molecule has 0 aliphatic heterocycles. The Labute approximate surface area is 476 Å². The lowest BCUT2D eigenvalue weighted by molar-refractivity contribution is 1.57. The predicted molar refractivity (Wildman–Crippen MR) is 406 cm³/mol. The summed E-state index contributed by atoms with van der Waals surface area (Å²) in [6.07, 6.45) is 0. The van der Waals surface area contributed by atoms with Crippen molar-refractivity contribution in [2.75, 3.05) is 0 Å². The second kappa shape index (κ2) is 17.9. The Hall–Kier alpha value is -6.63. The van der Waals surface area contributed by atoms with E-state index in [1.54, 1.807) is 0 Å². The van der Waals surface area contributed by atoms with Crippen LogP contribution in [0, 0.1) is 0 Å². The van der Waals surface area contributed by atoms with Crippen LogP contribution in [-0.4, -0.2) is 141 Å². The molecule has 0 unspecified atom stereocenters. The van der Waals surface area contributed by atoms with Crippen LogP contribution in [0.25, 0.3) is 131 Å². The zero-order valence-corrected chi connectivity index (χ0v) is 49.4. The van der Waals surface area contributed by atoms with Gasteiger partial charge in [-0.1, -0.05) is 166 Å². The quantitative estimate of drug-likeness (QED) is 0.119. The van der Waals surface area contributed by atoms with Crippen molar-refractivity contribution in [1.29, 1.82) is 0 Å². The largest absolute Gasteiger partial charge is 0.139 e. The summed E-state index contributed by atoms with van der Waals surface area (Å²) in [5.41, 5.74) is 37.8. The van der Waals surface area contributed by atoms with Crippen molar-refractivity contribution in [3.05, 3.63) is 109 Å². The van der Waals surface area contributed by atoms with Crippen molar-refractivity contribution in [2.24, 2.45) is 0 Å². The van der Waals surface area contributed by atoms with Gasteiger partial charge in [0.15, 0.2) is 0 Å². The zero-order chi connectivity index (χ0) is 55.0. The van der Waals surface area contributed by atoms with Crippen molar-refractivity contribution in [3.8, 4) is 55.6 Å².